The van der Waals surface area contributed by atoms with Crippen molar-refractivity contribution in [2.75, 3.05) is 6.54 Å². The van der Waals surface area contributed by atoms with Crippen LogP contribution in [-0.4, -0.2) is 35.5 Å². The SMILES string of the molecule is CC(C)C(C)c1nc2n(c1CS(=O)(=O)F)CCN(C(=O)OCc1ccccc1)C2. The Morgan fingerprint density at radius 3 is 2.52 bits per heavy atom. The molecule has 0 radical (unpaired) electrons. The first kappa shape index (κ1) is 21.3. The van der Waals surface area contributed by atoms with E-state index >= 15 is 0 Å². The molecule has 1 aromatic carbocycles. The number of imidazole rings is 1. The van der Waals surface area contributed by atoms with Gasteiger partial charge in [0.25, 0.3) is 0 Å². The number of fused-ring (bicyclic) bond motifs is 1. The van der Waals surface area contributed by atoms with Gasteiger partial charge in [-0.3, -0.25) is 4.90 Å². The standard InChI is InChI=1S/C20H26FN3O4S/c1-14(2)15(3)19-17(13-29(21,26)27)24-10-9-23(11-18(24)22-19)20(25)28-12-16-7-5-4-6-8-16/h4-8,14-15H,9-13H2,1-3H3. The maximum Gasteiger partial charge on any atom is 0.410 e. The average molecular weight is 424 g/mol. The molecule has 2 heterocycles. The number of amides is 1. The van der Waals surface area contributed by atoms with Crippen LogP contribution in [0, 0.1) is 5.92 Å². The summed E-state index contributed by atoms with van der Waals surface area (Å²) in [5, 5.41) is 0. The topological polar surface area (TPSA) is 81.5 Å². The average Bonchev–Trinajstić information content (AvgIpc) is 3.02. The first-order valence-electron chi connectivity index (χ1n) is 9.62. The zero-order valence-corrected chi connectivity index (χ0v) is 17.7. The van der Waals surface area contributed by atoms with E-state index in [9.17, 15) is 17.1 Å². The molecular weight excluding hydrogens is 397 g/mol. The molecule has 9 heteroatoms. The van der Waals surface area contributed by atoms with Crippen LogP contribution in [0.4, 0.5) is 8.68 Å². The van der Waals surface area contributed by atoms with Gasteiger partial charge in [0.05, 0.1) is 17.9 Å². The third-order valence-corrected chi connectivity index (χ3v) is 5.93. The summed E-state index contributed by atoms with van der Waals surface area (Å²) >= 11 is 0. The zero-order chi connectivity index (χ0) is 21.2. The fourth-order valence-corrected chi connectivity index (χ4v) is 4.01. The van der Waals surface area contributed by atoms with E-state index in [0.29, 0.717) is 30.3 Å². The lowest BCUT2D eigenvalue weighted by atomic mass is 9.94. The summed E-state index contributed by atoms with van der Waals surface area (Å²) in [6, 6.07) is 9.39. The third kappa shape index (κ3) is 5.14. The van der Waals surface area contributed by atoms with Crippen LogP contribution in [0.3, 0.4) is 0 Å². The molecule has 1 aliphatic heterocycles. The number of benzene rings is 1. The molecule has 3 rings (SSSR count). The summed E-state index contributed by atoms with van der Waals surface area (Å²) in [4.78, 5) is 18.6. The van der Waals surface area contributed by atoms with E-state index in [2.05, 4.69) is 4.98 Å². The van der Waals surface area contributed by atoms with E-state index in [1.165, 1.54) is 4.90 Å². The van der Waals surface area contributed by atoms with Crippen molar-refractivity contribution in [3.05, 3.63) is 53.1 Å². The molecule has 0 bridgehead atoms. The zero-order valence-electron chi connectivity index (χ0n) is 16.8. The van der Waals surface area contributed by atoms with Crippen LogP contribution in [0.15, 0.2) is 30.3 Å². The van der Waals surface area contributed by atoms with Crippen LogP contribution >= 0.6 is 0 Å². The molecule has 0 saturated carbocycles. The number of halogens is 1. The first-order chi connectivity index (χ1) is 13.7. The van der Waals surface area contributed by atoms with Gasteiger partial charge in [-0.25, -0.2) is 9.78 Å². The Bertz CT molecular complexity index is 973. The van der Waals surface area contributed by atoms with Gasteiger partial charge in [-0.05, 0) is 11.5 Å². The lowest BCUT2D eigenvalue weighted by Crippen LogP contribution is -2.39. The van der Waals surface area contributed by atoms with E-state index in [1.54, 1.807) is 4.57 Å². The summed E-state index contributed by atoms with van der Waals surface area (Å²) in [7, 11) is -4.70. The van der Waals surface area contributed by atoms with Gasteiger partial charge in [0.1, 0.15) is 18.2 Å². The van der Waals surface area contributed by atoms with Gasteiger partial charge in [-0.15, -0.1) is 3.89 Å². The van der Waals surface area contributed by atoms with Crippen LogP contribution in [0.5, 0.6) is 0 Å². The fourth-order valence-electron chi connectivity index (χ4n) is 3.38. The first-order valence-corrected chi connectivity index (χ1v) is 11.2. The smallest absolute Gasteiger partial charge is 0.410 e. The third-order valence-electron chi connectivity index (χ3n) is 5.31. The Balaban J connectivity index is 1.78. The number of ether oxygens (including phenoxy) is 1. The molecule has 1 unspecified atom stereocenters. The highest BCUT2D eigenvalue weighted by Gasteiger charge is 2.31. The summed E-state index contributed by atoms with van der Waals surface area (Å²) in [5.74, 6) is 0.0162. The van der Waals surface area contributed by atoms with E-state index in [4.69, 9.17) is 4.74 Å². The molecule has 0 N–H and O–H groups in total. The van der Waals surface area contributed by atoms with Gasteiger partial charge in [0.15, 0.2) is 0 Å². The molecule has 1 aliphatic rings. The highest BCUT2D eigenvalue weighted by molar-refractivity contribution is 7.85. The molecule has 2 aromatic rings. The minimum absolute atomic E-state index is 0.0386. The van der Waals surface area contributed by atoms with Crippen LogP contribution in [0.1, 0.15) is 49.5 Å². The van der Waals surface area contributed by atoms with Crippen LogP contribution < -0.4 is 0 Å². The summed E-state index contributed by atoms with van der Waals surface area (Å²) < 4.78 is 43.2. The molecule has 1 aromatic heterocycles. The number of hydrogen-bond acceptors (Lipinski definition) is 5. The van der Waals surface area contributed by atoms with Crippen molar-refractivity contribution in [3.63, 3.8) is 0 Å². The lowest BCUT2D eigenvalue weighted by Gasteiger charge is -2.27. The van der Waals surface area contributed by atoms with Gasteiger partial charge in [0.2, 0.25) is 0 Å². The molecule has 0 saturated heterocycles. The van der Waals surface area contributed by atoms with Gasteiger partial charge in [0, 0.05) is 19.0 Å². The minimum Gasteiger partial charge on any atom is -0.445 e. The highest BCUT2D eigenvalue weighted by atomic mass is 32.3. The second-order valence-electron chi connectivity index (χ2n) is 7.69. The Labute approximate surface area is 170 Å². The molecule has 158 valence electrons. The van der Waals surface area contributed by atoms with Gasteiger partial charge < -0.3 is 9.30 Å². The molecule has 29 heavy (non-hydrogen) atoms. The van der Waals surface area contributed by atoms with Gasteiger partial charge >= 0.3 is 16.3 Å². The second-order valence-corrected chi connectivity index (χ2v) is 9.06. The Morgan fingerprint density at radius 2 is 1.90 bits per heavy atom. The van der Waals surface area contributed by atoms with E-state index in [0.717, 1.165) is 5.56 Å². The molecule has 0 aliphatic carbocycles. The van der Waals surface area contributed by atoms with Crippen molar-refractivity contribution in [1.82, 2.24) is 14.5 Å². The number of hydrogen-bond donors (Lipinski definition) is 0. The Hall–Kier alpha value is -2.42. The van der Waals surface area contributed by atoms with E-state index in [-0.39, 0.29) is 25.0 Å². The maximum absolute atomic E-state index is 13.5. The predicted molar refractivity (Wildman–Crippen MR) is 106 cm³/mol. The molecule has 1 amide bonds. The van der Waals surface area contributed by atoms with Crippen LogP contribution in [-0.2, 0) is 40.4 Å². The monoisotopic (exact) mass is 423 g/mol. The fraction of sp³-hybridized carbons (Fsp3) is 0.500. The lowest BCUT2D eigenvalue weighted by molar-refractivity contribution is 0.0860. The second kappa shape index (κ2) is 8.52. The van der Waals surface area contributed by atoms with Crippen molar-refractivity contribution >= 4 is 16.3 Å². The molecule has 1 atom stereocenters. The van der Waals surface area contributed by atoms with Crippen molar-refractivity contribution in [1.29, 1.82) is 0 Å². The minimum atomic E-state index is -4.70. The van der Waals surface area contributed by atoms with Crippen molar-refractivity contribution in [2.45, 2.75) is 52.1 Å². The Kier molecular flexibility index (Phi) is 6.26. The number of nitrogens with zero attached hydrogens (tertiary/aromatic N) is 3. The normalized spacial score (nSPS) is 15.3. The van der Waals surface area contributed by atoms with Crippen LogP contribution in [0.25, 0.3) is 0 Å². The number of rotatable bonds is 6. The number of carbonyl (C=O) groups excluding carboxylic acids is 1. The Morgan fingerprint density at radius 1 is 1.21 bits per heavy atom. The van der Waals surface area contributed by atoms with Crippen molar-refractivity contribution in [2.24, 2.45) is 5.92 Å². The van der Waals surface area contributed by atoms with Gasteiger partial charge in [-0.1, -0.05) is 51.1 Å². The predicted octanol–water partition coefficient (Wildman–Crippen LogP) is 3.59. The molecule has 0 fully saturated rings. The summed E-state index contributed by atoms with van der Waals surface area (Å²) in [5.41, 5.74) is 1.85. The van der Waals surface area contributed by atoms with Gasteiger partial charge in [-0.2, -0.15) is 8.42 Å². The molecule has 7 nitrogen and oxygen atoms in total. The van der Waals surface area contributed by atoms with E-state index < -0.39 is 22.1 Å². The summed E-state index contributed by atoms with van der Waals surface area (Å²) in [6.07, 6.45) is -0.457. The van der Waals surface area contributed by atoms with Crippen molar-refractivity contribution in [3.8, 4) is 0 Å². The maximum atomic E-state index is 13.5. The molecule has 0 spiro atoms. The van der Waals surface area contributed by atoms with Crippen molar-refractivity contribution < 1.29 is 21.8 Å². The van der Waals surface area contributed by atoms with Crippen LogP contribution in [0.2, 0.25) is 0 Å². The number of aromatic nitrogens is 2. The number of carbonyl (C=O) groups is 1. The summed E-state index contributed by atoms with van der Waals surface area (Å²) in [6.45, 7) is 7.00. The quantitative estimate of drug-likeness (QED) is 0.663. The highest BCUT2D eigenvalue weighted by Crippen LogP contribution is 2.30. The van der Waals surface area contributed by atoms with E-state index in [1.807, 2.05) is 51.1 Å². The molecular formula is C20H26FN3O4S. The largest absolute Gasteiger partial charge is 0.445 e.